The van der Waals surface area contributed by atoms with Crippen LogP contribution < -0.4 is 10.6 Å². The minimum atomic E-state index is -0.674. The summed E-state index contributed by atoms with van der Waals surface area (Å²) >= 11 is 1.05. The highest BCUT2D eigenvalue weighted by atomic mass is 32.1. The molecule has 84 valence electrons. The Kier molecular flexibility index (Phi) is 2.91. The lowest BCUT2D eigenvalue weighted by Crippen LogP contribution is -2.52. The molecule has 1 fully saturated rings. The first-order chi connectivity index (χ1) is 7.66. The zero-order valence-corrected chi connectivity index (χ0v) is 8.91. The van der Waals surface area contributed by atoms with E-state index in [-0.39, 0.29) is 18.0 Å². The van der Waals surface area contributed by atoms with Gasteiger partial charge in [-0.1, -0.05) is 4.49 Å². The van der Waals surface area contributed by atoms with Gasteiger partial charge in [-0.05, 0) is 18.0 Å². The maximum absolute atomic E-state index is 11.5. The van der Waals surface area contributed by atoms with Crippen LogP contribution in [0.25, 0.3) is 0 Å². The van der Waals surface area contributed by atoms with Crippen molar-refractivity contribution in [2.24, 2.45) is 0 Å². The number of carbonyl (C=O) groups excluding carboxylic acids is 3. The molecule has 1 aliphatic rings. The van der Waals surface area contributed by atoms with Gasteiger partial charge >= 0.3 is 0 Å². The van der Waals surface area contributed by atoms with E-state index in [4.69, 9.17) is 0 Å². The molecule has 1 atom stereocenters. The molecular weight excluding hydrogens is 232 g/mol. The molecule has 0 bridgehead atoms. The molecule has 3 amide bonds. The predicted molar refractivity (Wildman–Crippen MR) is 53.5 cm³/mol. The number of aromatic nitrogens is 2. The van der Waals surface area contributed by atoms with Crippen LogP contribution in [0, 0.1) is 0 Å². The van der Waals surface area contributed by atoms with Crippen molar-refractivity contribution < 1.29 is 14.4 Å². The van der Waals surface area contributed by atoms with E-state index in [1.807, 2.05) is 0 Å². The van der Waals surface area contributed by atoms with Crippen LogP contribution in [0.4, 0.5) is 0 Å². The second kappa shape index (κ2) is 4.35. The lowest BCUT2D eigenvalue weighted by atomic mass is 10.1. The highest BCUT2D eigenvalue weighted by Crippen LogP contribution is 2.05. The second-order valence-corrected chi connectivity index (χ2v) is 3.88. The van der Waals surface area contributed by atoms with Crippen LogP contribution in [0.15, 0.2) is 5.38 Å². The highest BCUT2D eigenvalue weighted by Gasteiger charge is 2.28. The fourth-order valence-corrected chi connectivity index (χ4v) is 1.76. The Morgan fingerprint density at radius 3 is 3.00 bits per heavy atom. The van der Waals surface area contributed by atoms with Crippen molar-refractivity contribution in [1.29, 1.82) is 0 Å². The van der Waals surface area contributed by atoms with E-state index >= 15 is 0 Å². The summed E-state index contributed by atoms with van der Waals surface area (Å²) in [6, 6.07) is -0.674. The SMILES string of the molecule is O=C1CCC(NC(=O)c2csnn2)C(=O)N1. The molecule has 2 heterocycles. The average molecular weight is 240 g/mol. The van der Waals surface area contributed by atoms with Gasteiger partial charge in [0.2, 0.25) is 11.8 Å². The Hall–Kier alpha value is -1.83. The monoisotopic (exact) mass is 240 g/mol. The molecule has 0 radical (unpaired) electrons. The van der Waals surface area contributed by atoms with Crippen LogP contribution in [-0.2, 0) is 9.59 Å². The third-order valence-corrected chi connectivity index (χ3v) is 2.64. The Bertz CT molecular complexity index is 431. The van der Waals surface area contributed by atoms with Gasteiger partial charge in [0.05, 0.1) is 0 Å². The summed E-state index contributed by atoms with van der Waals surface area (Å²) in [5.41, 5.74) is 0.176. The molecule has 1 aromatic rings. The van der Waals surface area contributed by atoms with E-state index in [0.717, 1.165) is 11.5 Å². The smallest absolute Gasteiger partial charge is 0.273 e. The van der Waals surface area contributed by atoms with Gasteiger partial charge < -0.3 is 5.32 Å². The van der Waals surface area contributed by atoms with E-state index in [1.54, 1.807) is 0 Å². The van der Waals surface area contributed by atoms with Crippen LogP contribution in [-0.4, -0.2) is 33.4 Å². The molecule has 1 aromatic heterocycles. The summed E-state index contributed by atoms with van der Waals surface area (Å²) < 4.78 is 3.54. The van der Waals surface area contributed by atoms with Crippen molar-refractivity contribution in [3.63, 3.8) is 0 Å². The Morgan fingerprint density at radius 2 is 2.38 bits per heavy atom. The minimum Gasteiger partial charge on any atom is -0.339 e. The van der Waals surface area contributed by atoms with E-state index in [9.17, 15) is 14.4 Å². The number of carbonyl (C=O) groups is 3. The number of amides is 3. The Labute approximate surface area is 94.4 Å². The van der Waals surface area contributed by atoms with E-state index in [2.05, 4.69) is 20.2 Å². The van der Waals surface area contributed by atoms with Crippen molar-refractivity contribution in [2.45, 2.75) is 18.9 Å². The molecule has 7 nitrogen and oxygen atoms in total. The van der Waals surface area contributed by atoms with Gasteiger partial charge in [0.15, 0.2) is 5.69 Å². The molecule has 2 N–H and O–H groups in total. The number of nitrogens with one attached hydrogen (secondary N) is 2. The third-order valence-electron chi connectivity index (χ3n) is 2.14. The molecule has 16 heavy (non-hydrogen) atoms. The number of piperidine rings is 1. The molecule has 1 aliphatic heterocycles. The lowest BCUT2D eigenvalue weighted by Gasteiger charge is -2.21. The van der Waals surface area contributed by atoms with Crippen molar-refractivity contribution in [3.05, 3.63) is 11.1 Å². The summed E-state index contributed by atoms with van der Waals surface area (Å²) in [5.74, 6) is -1.25. The second-order valence-electron chi connectivity index (χ2n) is 3.27. The highest BCUT2D eigenvalue weighted by molar-refractivity contribution is 7.03. The number of rotatable bonds is 2. The molecule has 0 aromatic carbocycles. The van der Waals surface area contributed by atoms with Crippen molar-refractivity contribution in [1.82, 2.24) is 20.2 Å². The lowest BCUT2D eigenvalue weighted by molar-refractivity contribution is -0.134. The van der Waals surface area contributed by atoms with Crippen molar-refractivity contribution in [2.75, 3.05) is 0 Å². The fraction of sp³-hybridized carbons (Fsp3) is 0.375. The fourth-order valence-electron chi connectivity index (χ4n) is 1.33. The largest absolute Gasteiger partial charge is 0.339 e. The van der Waals surface area contributed by atoms with Gasteiger partial charge in [-0.25, -0.2) is 0 Å². The predicted octanol–water partition coefficient (Wildman–Crippen LogP) is -0.927. The van der Waals surface area contributed by atoms with Crippen LogP contribution in [0.3, 0.4) is 0 Å². The number of hydrogen-bond donors (Lipinski definition) is 2. The molecule has 2 rings (SSSR count). The topological polar surface area (TPSA) is 101 Å². The van der Waals surface area contributed by atoms with Gasteiger partial charge in [0.1, 0.15) is 6.04 Å². The van der Waals surface area contributed by atoms with Gasteiger partial charge in [0.25, 0.3) is 5.91 Å². The summed E-state index contributed by atoms with van der Waals surface area (Å²) in [6.07, 6.45) is 0.542. The van der Waals surface area contributed by atoms with E-state index in [1.165, 1.54) is 5.38 Å². The summed E-state index contributed by atoms with van der Waals surface area (Å²) in [6.45, 7) is 0. The minimum absolute atomic E-state index is 0.176. The normalized spacial score (nSPS) is 20.4. The van der Waals surface area contributed by atoms with Gasteiger partial charge in [0, 0.05) is 11.8 Å². The first-order valence-electron chi connectivity index (χ1n) is 4.58. The average Bonchev–Trinajstić information content (AvgIpc) is 2.75. The third kappa shape index (κ3) is 2.22. The Balaban J connectivity index is 1.97. The van der Waals surface area contributed by atoms with Crippen LogP contribution in [0.5, 0.6) is 0 Å². The summed E-state index contributed by atoms with van der Waals surface area (Å²) in [5, 5.41) is 9.71. The first kappa shape index (κ1) is 10.7. The number of nitrogens with zero attached hydrogens (tertiary/aromatic N) is 2. The van der Waals surface area contributed by atoms with Crippen molar-refractivity contribution in [3.8, 4) is 0 Å². The van der Waals surface area contributed by atoms with Gasteiger partial charge in [-0.3, -0.25) is 19.7 Å². The quantitative estimate of drug-likeness (QED) is 0.650. The van der Waals surface area contributed by atoms with Gasteiger partial charge in [-0.15, -0.1) is 5.10 Å². The van der Waals surface area contributed by atoms with Crippen LogP contribution in [0.2, 0.25) is 0 Å². The zero-order valence-electron chi connectivity index (χ0n) is 8.10. The van der Waals surface area contributed by atoms with Crippen LogP contribution >= 0.6 is 11.5 Å². The van der Waals surface area contributed by atoms with Gasteiger partial charge in [-0.2, -0.15) is 0 Å². The molecule has 0 saturated carbocycles. The van der Waals surface area contributed by atoms with Crippen molar-refractivity contribution >= 4 is 29.3 Å². The molecule has 1 saturated heterocycles. The van der Waals surface area contributed by atoms with E-state index < -0.39 is 17.9 Å². The number of imide groups is 1. The molecule has 0 aliphatic carbocycles. The maximum atomic E-state index is 11.5. The standard InChI is InChI=1S/C8H8N4O3S/c13-6-2-1-4(7(14)10-6)9-8(15)5-3-16-12-11-5/h3-4H,1-2H2,(H,9,15)(H,10,13,14). The summed E-state index contributed by atoms with van der Waals surface area (Å²) in [4.78, 5) is 33.7. The van der Waals surface area contributed by atoms with E-state index in [0.29, 0.717) is 6.42 Å². The van der Waals surface area contributed by atoms with Crippen LogP contribution in [0.1, 0.15) is 23.3 Å². The molecule has 1 unspecified atom stereocenters. The summed E-state index contributed by atoms with van der Waals surface area (Å²) in [7, 11) is 0. The maximum Gasteiger partial charge on any atom is 0.273 e. The number of hydrogen-bond acceptors (Lipinski definition) is 6. The Morgan fingerprint density at radius 1 is 1.56 bits per heavy atom. The first-order valence-corrected chi connectivity index (χ1v) is 5.42. The molecular formula is C8H8N4O3S. The zero-order chi connectivity index (χ0) is 11.5. The molecule has 8 heteroatoms. The molecule has 0 spiro atoms.